The van der Waals surface area contributed by atoms with Crippen molar-refractivity contribution in [3.8, 4) is 17.6 Å². The summed E-state index contributed by atoms with van der Waals surface area (Å²) >= 11 is 0. The van der Waals surface area contributed by atoms with E-state index in [1.807, 2.05) is 37.3 Å². The zero-order chi connectivity index (χ0) is 17.4. The van der Waals surface area contributed by atoms with Crippen LogP contribution < -0.4 is 14.4 Å². The van der Waals surface area contributed by atoms with Crippen LogP contribution in [0.1, 0.15) is 23.7 Å². The van der Waals surface area contributed by atoms with E-state index in [2.05, 4.69) is 6.07 Å². The minimum atomic E-state index is -0.202. The van der Waals surface area contributed by atoms with Gasteiger partial charge in [-0.05, 0) is 43.3 Å². The van der Waals surface area contributed by atoms with Crippen molar-refractivity contribution in [2.45, 2.75) is 13.3 Å². The molecule has 0 aliphatic heterocycles. The van der Waals surface area contributed by atoms with Crippen molar-refractivity contribution in [3.05, 3.63) is 54.1 Å². The number of carbonyl (C=O) groups is 1. The Balaban J connectivity index is 2.33. The maximum absolute atomic E-state index is 12.9. The fourth-order valence-corrected chi connectivity index (χ4v) is 2.37. The Morgan fingerprint density at radius 1 is 1.17 bits per heavy atom. The summed E-state index contributed by atoms with van der Waals surface area (Å²) < 4.78 is 10.7. The maximum atomic E-state index is 12.9. The smallest absolute Gasteiger partial charge is 0.262 e. The fraction of sp³-hybridized carbons (Fsp3) is 0.263. The molecule has 5 heteroatoms. The van der Waals surface area contributed by atoms with Gasteiger partial charge in [-0.3, -0.25) is 4.79 Å². The van der Waals surface area contributed by atoms with Crippen LogP contribution in [0.15, 0.2) is 48.5 Å². The highest BCUT2D eigenvalue weighted by Crippen LogP contribution is 2.25. The Morgan fingerprint density at radius 3 is 2.50 bits per heavy atom. The van der Waals surface area contributed by atoms with E-state index in [0.29, 0.717) is 30.2 Å². The van der Waals surface area contributed by atoms with E-state index in [-0.39, 0.29) is 12.3 Å². The second kappa shape index (κ2) is 8.59. The number of hydrogen-bond donors (Lipinski definition) is 0. The SMILES string of the molecule is CCOc1ccc(N(CCC#N)C(=O)c2ccccc2OC)cc1. The monoisotopic (exact) mass is 324 g/mol. The zero-order valence-electron chi connectivity index (χ0n) is 13.9. The van der Waals surface area contributed by atoms with Crippen LogP contribution in [-0.2, 0) is 0 Å². The minimum Gasteiger partial charge on any atom is -0.496 e. The van der Waals surface area contributed by atoms with Crippen LogP contribution in [0.4, 0.5) is 5.69 Å². The Labute approximate surface area is 142 Å². The molecule has 0 bridgehead atoms. The Kier molecular flexibility index (Phi) is 6.21. The third-order valence-electron chi connectivity index (χ3n) is 3.49. The molecule has 0 spiro atoms. The van der Waals surface area contributed by atoms with E-state index in [9.17, 15) is 4.79 Å². The van der Waals surface area contributed by atoms with Gasteiger partial charge in [-0.25, -0.2) is 0 Å². The van der Waals surface area contributed by atoms with Crippen molar-refractivity contribution in [1.29, 1.82) is 5.26 Å². The quantitative estimate of drug-likeness (QED) is 0.780. The lowest BCUT2D eigenvalue weighted by molar-refractivity contribution is 0.0984. The van der Waals surface area contributed by atoms with E-state index >= 15 is 0 Å². The molecule has 0 fully saturated rings. The lowest BCUT2D eigenvalue weighted by atomic mass is 10.1. The number of methoxy groups -OCH3 is 1. The number of nitrogens with zero attached hydrogens (tertiary/aromatic N) is 2. The summed E-state index contributed by atoms with van der Waals surface area (Å²) in [6.07, 6.45) is 0.244. The molecule has 0 saturated carbocycles. The molecule has 124 valence electrons. The molecule has 0 aliphatic rings. The van der Waals surface area contributed by atoms with Gasteiger partial charge in [0.05, 0.1) is 31.8 Å². The zero-order valence-corrected chi connectivity index (χ0v) is 13.9. The minimum absolute atomic E-state index is 0.202. The van der Waals surface area contributed by atoms with Crippen LogP contribution >= 0.6 is 0 Å². The Hall–Kier alpha value is -3.00. The van der Waals surface area contributed by atoms with Gasteiger partial charge in [0.2, 0.25) is 0 Å². The summed E-state index contributed by atoms with van der Waals surface area (Å²) in [5.74, 6) is 1.05. The fourth-order valence-electron chi connectivity index (χ4n) is 2.37. The van der Waals surface area contributed by atoms with E-state index in [0.717, 1.165) is 5.75 Å². The summed E-state index contributed by atoms with van der Waals surface area (Å²) in [5, 5.41) is 8.90. The van der Waals surface area contributed by atoms with Gasteiger partial charge in [0.15, 0.2) is 0 Å². The van der Waals surface area contributed by atoms with Gasteiger partial charge in [-0.1, -0.05) is 12.1 Å². The number of nitriles is 1. The van der Waals surface area contributed by atoms with E-state index in [1.165, 1.54) is 7.11 Å². The largest absolute Gasteiger partial charge is 0.496 e. The molecule has 0 radical (unpaired) electrons. The summed E-state index contributed by atoms with van der Waals surface area (Å²) in [4.78, 5) is 14.5. The van der Waals surface area contributed by atoms with Crippen molar-refractivity contribution < 1.29 is 14.3 Å². The van der Waals surface area contributed by atoms with Crippen LogP contribution in [0.5, 0.6) is 11.5 Å². The molecule has 0 saturated heterocycles. The normalized spacial score (nSPS) is 9.88. The number of para-hydroxylation sites is 1. The molecule has 0 unspecified atom stereocenters. The molecular formula is C19H20N2O3. The molecule has 0 aromatic heterocycles. The number of hydrogen-bond acceptors (Lipinski definition) is 4. The van der Waals surface area contributed by atoms with Crippen molar-refractivity contribution in [1.82, 2.24) is 0 Å². The van der Waals surface area contributed by atoms with Crippen molar-refractivity contribution in [2.24, 2.45) is 0 Å². The molecule has 1 amide bonds. The Bertz CT molecular complexity index is 720. The molecule has 0 N–H and O–H groups in total. The summed E-state index contributed by atoms with van der Waals surface area (Å²) in [6.45, 7) is 2.80. The number of anilines is 1. The maximum Gasteiger partial charge on any atom is 0.262 e. The second-order valence-corrected chi connectivity index (χ2v) is 4.99. The first-order valence-electron chi connectivity index (χ1n) is 7.76. The molecule has 0 aliphatic carbocycles. The number of rotatable bonds is 7. The topological polar surface area (TPSA) is 62.6 Å². The average Bonchev–Trinajstić information content (AvgIpc) is 2.63. The van der Waals surface area contributed by atoms with Gasteiger partial charge in [-0.15, -0.1) is 0 Å². The highest BCUT2D eigenvalue weighted by atomic mass is 16.5. The first-order chi connectivity index (χ1) is 11.7. The van der Waals surface area contributed by atoms with Gasteiger partial charge < -0.3 is 14.4 Å². The van der Waals surface area contributed by atoms with Gasteiger partial charge >= 0.3 is 0 Å². The van der Waals surface area contributed by atoms with Gasteiger partial charge in [-0.2, -0.15) is 5.26 Å². The predicted molar refractivity (Wildman–Crippen MR) is 92.5 cm³/mol. The average molecular weight is 324 g/mol. The first-order valence-corrected chi connectivity index (χ1v) is 7.76. The van der Waals surface area contributed by atoms with Crippen molar-refractivity contribution in [2.75, 3.05) is 25.2 Å². The van der Waals surface area contributed by atoms with E-state index in [4.69, 9.17) is 14.7 Å². The van der Waals surface area contributed by atoms with E-state index < -0.39 is 0 Å². The summed E-state index contributed by atoms with van der Waals surface area (Å²) in [6, 6.07) is 16.4. The van der Waals surface area contributed by atoms with Crippen LogP contribution in [0, 0.1) is 11.3 Å². The van der Waals surface area contributed by atoms with Crippen molar-refractivity contribution >= 4 is 11.6 Å². The lowest BCUT2D eigenvalue weighted by Crippen LogP contribution is -2.32. The highest BCUT2D eigenvalue weighted by molar-refractivity contribution is 6.07. The molecule has 2 rings (SSSR count). The molecule has 2 aromatic rings. The highest BCUT2D eigenvalue weighted by Gasteiger charge is 2.20. The van der Waals surface area contributed by atoms with Gasteiger partial charge in [0.25, 0.3) is 5.91 Å². The van der Waals surface area contributed by atoms with Crippen LogP contribution in [-0.4, -0.2) is 26.2 Å². The molecule has 0 heterocycles. The van der Waals surface area contributed by atoms with Crippen LogP contribution in [0.2, 0.25) is 0 Å². The van der Waals surface area contributed by atoms with Crippen LogP contribution in [0.25, 0.3) is 0 Å². The summed E-state index contributed by atoms with van der Waals surface area (Å²) in [5.41, 5.74) is 1.18. The number of amides is 1. The number of benzene rings is 2. The van der Waals surface area contributed by atoms with E-state index in [1.54, 1.807) is 23.1 Å². The Morgan fingerprint density at radius 2 is 1.88 bits per heavy atom. The van der Waals surface area contributed by atoms with Crippen molar-refractivity contribution in [3.63, 3.8) is 0 Å². The lowest BCUT2D eigenvalue weighted by Gasteiger charge is -2.23. The van der Waals surface area contributed by atoms with Gasteiger partial charge in [0, 0.05) is 12.2 Å². The second-order valence-electron chi connectivity index (χ2n) is 4.99. The number of carbonyl (C=O) groups excluding carboxylic acids is 1. The standard InChI is InChI=1S/C19H20N2O3/c1-3-24-16-11-9-15(10-12-16)21(14-6-13-20)19(22)17-7-4-5-8-18(17)23-2/h4-5,7-12H,3,6,14H2,1-2H3. The van der Waals surface area contributed by atoms with Gasteiger partial charge in [0.1, 0.15) is 11.5 Å². The predicted octanol–water partition coefficient (Wildman–Crippen LogP) is 3.65. The summed E-state index contributed by atoms with van der Waals surface area (Å²) in [7, 11) is 1.53. The molecule has 2 aromatic carbocycles. The third-order valence-corrected chi connectivity index (χ3v) is 3.49. The molecular weight excluding hydrogens is 304 g/mol. The molecule has 5 nitrogen and oxygen atoms in total. The molecule has 24 heavy (non-hydrogen) atoms. The third kappa shape index (κ3) is 4.05. The van der Waals surface area contributed by atoms with Crippen LogP contribution in [0.3, 0.4) is 0 Å². The first kappa shape index (κ1) is 17.4. The molecule has 0 atom stereocenters. The number of ether oxygens (including phenoxy) is 2.